The van der Waals surface area contributed by atoms with E-state index in [0.717, 1.165) is 31.7 Å². The summed E-state index contributed by atoms with van der Waals surface area (Å²) in [7, 11) is -3.59. The molecule has 0 aliphatic carbocycles. The van der Waals surface area contributed by atoms with Gasteiger partial charge in [-0.05, 0) is 50.1 Å². The summed E-state index contributed by atoms with van der Waals surface area (Å²) in [4.78, 5) is 12.4. The smallest absolute Gasteiger partial charge is 0.241 e. The van der Waals surface area contributed by atoms with Crippen molar-refractivity contribution in [2.45, 2.75) is 26.8 Å². The molecule has 2 rings (SSSR count). The van der Waals surface area contributed by atoms with Crippen LogP contribution in [0, 0.1) is 13.8 Å². The summed E-state index contributed by atoms with van der Waals surface area (Å²) in [5, 5.41) is 2.86. The molecule has 0 aliphatic rings. The van der Waals surface area contributed by atoms with Crippen LogP contribution in [0.3, 0.4) is 0 Å². The Bertz CT molecular complexity index is 896. The van der Waals surface area contributed by atoms with Crippen LogP contribution in [0.4, 0.5) is 5.69 Å². The third-order valence-corrected chi connectivity index (χ3v) is 6.10. The van der Waals surface area contributed by atoms with E-state index >= 15 is 0 Å². The molecule has 5 nitrogen and oxygen atoms in total. The second kappa shape index (κ2) is 8.22. The van der Waals surface area contributed by atoms with Gasteiger partial charge in [-0.15, -0.1) is 0 Å². The molecule has 0 saturated carbocycles. The summed E-state index contributed by atoms with van der Waals surface area (Å²) in [6.07, 6.45) is 1.10. The van der Waals surface area contributed by atoms with Crippen molar-refractivity contribution >= 4 is 37.5 Å². The Kier molecular flexibility index (Phi) is 6.47. The molecule has 26 heavy (non-hydrogen) atoms. The van der Waals surface area contributed by atoms with Gasteiger partial charge in [0.2, 0.25) is 15.9 Å². The summed E-state index contributed by atoms with van der Waals surface area (Å²) in [5.41, 5.74) is 3.46. The molecular formula is C19H23BrN2O3S. The number of benzene rings is 2. The number of carbonyl (C=O) groups excluding carboxylic acids is 1. The second-order valence-electron chi connectivity index (χ2n) is 6.40. The molecule has 1 amide bonds. The predicted molar refractivity (Wildman–Crippen MR) is 109 cm³/mol. The van der Waals surface area contributed by atoms with Crippen LogP contribution >= 0.6 is 15.9 Å². The number of aryl methyl sites for hydroxylation is 2. The minimum absolute atomic E-state index is 0.212. The monoisotopic (exact) mass is 438 g/mol. The predicted octanol–water partition coefficient (Wildman–Crippen LogP) is 3.71. The van der Waals surface area contributed by atoms with E-state index in [1.807, 2.05) is 45.0 Å². The molecule has 0 fully saturated rings. The summed E-state index contributed by atoms with van der Waals surface area (Å²) in [6.45, 7) is 5.47. The Hall–Kier alpha value is -1.86. The zero-order chi connectivity index (χ0) is 19.5. The van der Waals surface area contributed by atoms with Gasteiger partial charge in [-0.3, -0.25) is 9.10 Å². The molecule has 2 aromatic rings. The summed E-state index contributed by atoms with van der Waals surface area (Å²) < 4.78 is 26.4. The number of carbonyl (C=O) groups is 1. The quantitative estimate of drug-likeness (QED) is 0.747. The molecule has 0 radical (unpaired) electrons. The molecule has 140 valence electrons. The van der Waals surface area contributed by atoms with Crippen molar-refractivity contribution in [2.24, 2.45) is 0 Å². The van der Waals surface area contributed by atoms with Gasteiger partial charge >= 0.3 is 0 Å². The van der Waals surface area contributed by atoms with Crippen LogP contribution in [0.1, 0.15) is 29.7 Å². The average molecular weight is 439 g/mol. The number of rotatable bonds is 6. The van der Waals surface area contributed by atoms with E-state index in [9.17, 15) is 13.2 Å². The van der Waals surface area contributed by atoms with Crippen LogP contribution in [0.2, 0.25) is 0 Å². The van der Waals surface area contributed by atoms with E-state index in [-0.39, 0.29) is 18.5 Å². The van der Waals surface area contributed by atoms with E-state index in [1.54, 1.807) is 18.2 Å². The fraction of sp³-hybridized carbons (Fsp3) is 0.316. The molecule has 1 atom stereocenters. The van der Waals surface area contributed by atoms with Crippen LogP contribution in [0.25, 0.3) is 0 Å². The SMILES string of the molecule is Cc1ccc([C@H](C)NC(=O)CN(c2ccc(Br)c(C)c2)S(C)(=O)=O)cc1. The Morgan fingerprint density at radius 2 is 1.77 bits per heavy atom. The molecule has 0 heterocycles. The van der Waals surface area contributed by atoms with Gasteiger partial charge < -0.3 is 5.32 Å². The normalized spacial score (nSPS) is 12.5. The van der Waals surface area contributed by atoms with E-state index in [2.05, 4.69) is 21.2 Å². The summed E-state index contributed by atoms with van der Waals surface area (Å²) in [5.74, 6) is -0.357. The van der Waals surface area contributed by atoms with Gasteiger partial charge in [-0.2, -0.15) is 0 Å². The van der Waals surface area contributed by atoms with Gasteiger partial charge in [0.25, 0.3) is 0 Å². The first-order valence-electron chi connectivity index (χ1n) is 8.17. The lowest BCUT2D eigenvalue weighted by molar-refractivity contribution is -0.120. The van der Waals surface area contributed by atoms with Crippen LogP contribution in [0.5, 0.6) is 0 Å². The molecule has 0 unspecified atom stereocenters. The number of nitrogens with one attached hydrogen (secondary N) is 1. The second-order valence-corrected chi connectivity index (χ2v) is 9.16. The molecular weight excluding hydrogens is 416 g/mol. The minimum atomic E-state index is -3.59. The van der Waals surface area contributed by atoms with Gasteiger partial charge in [-0.25, -0.2) is 8.42 Å². The van der Waals surface area contributed by atoms with Crippen molar-refractivity contribution in [3.05, 3.63) is 63.6 Å². The number of sulfonamides is 1. The van der Waals surface area contributed by atoms with Gasteiger partial charge in [-0.1, -0.05) is 45.8 Å². The van der Waals surface area contributed by atoms with Crippen molar-refractivity contribution in [3.8, 4) is 0 Å². The molecule has 0 saturated heterocycles. The largest absolute Gasteiger partial charge is 0.348 e. The topological polar surface area (TPSA) is 66.5 Å². The van der Waals surface area contributed by atoms with Crippen molar-refractivity contribution < 1.29 is 13.2 Å². The molecule has 0 spiro atoms. The first-order valence-corrected chi connectivity index (χ1v) is 10.8. The summed E-state index contributed by atoms with van der Waals surface area (Å²) >= 11 is 3.40. The lowest BCUT2D eigenvalue weighted by Crippen LogP contribution is -2.41. The number of nitrogens with zero attached hydrogens (tertiary/aromatic N) is 1. The third-order valence-electron chi connectivity index (χ3n) is 4.07. The molecule has 0 bridgehead atoms. The maximum atomic E-state index is 12.4. The lowest BCUT2D eigenvalue weighted by Gasteiger charge is -2.24. The average Bonchev–Trinajstić information content (AvgIpc) is 2.55. The first kappa shape index (κ1) is 20.5. The number of halogens is 1. The van der Waals surface area contributed by atoms with E-state index in [0.29, 0.717) is 5.69 Å². The number of amides is 1. The highest BCUT2D eigenvalue weighted by Crippen LogP contribution is 2.24. The Morgan fingerprint density at radius 3 is 2.31 bits per heavy atom. The third kappa shape index (κ3) is 5.32. The molecule has 7 heteroatoms. The van der Waals surface area contributed by atoms with E-state index < -0.39 is 10.0 Å². The highest BCUT2D eigenvalue weighted by Gasteiger charge is 2.22. The number of hydrogen-bond acceptors (Lipinski definition) is 3. The van der Waals surface area contributed by atoms with Gasteiger partial charge in [0.15, 0.2) is 0 Å². The van der Waals surface area contributed by atoms with Crippen molar-refractivity contribution in [3.63, 3.8) is 0 Å². The highest BCUT2D eigenvalue weighted by atomic mass is 79.9. The van der Waals surface area contributed by atoms with Crippen LogP contribution in [-0.2, 0) is 14.8 Å². The zero-order valence-corrected chi connectivity index (χ0v) is 17.7. The first-order chi connectivity index (χ1) is 12.1. The van der Waals surface area contributed by atoms with Gasteiger partial charge in [0.1, 0.15) is 6.54 Å². The highest BCUT2D eigenvalue weighted by molar-refractivity contribution is 9.10. The maximum Gasteiger partial charge on any atom is 0.241 e. The standard InChI is InChI=1S/C19H23BrN2O3S/c1-13-5-7-16(8-6-13)15(3)21-19(23)12-22(26(4,24)25)17-9-10-18(20)14(2)11-17/h5-11,15H,12H2,1-4H3,(H,21,23)/t15-/m0/s1. The zero-order valence-electron chi connectivity index (χ0n) is 15.3. The fourth-order valence-electron chi connectivity index (χ4n) is 2.54. The Balaban J connectivity index is 2.16. The molecule has 2 aromatic carbocycles. The molecule has 0 aromatic heterocycles. The molecule has 0 aliphatic heterocycles. The Morgan fingerprint density at radius 1 is 1.15 bits per heavy atom. The van der Waals surface area contributed by atoms with Crippen LogP contribution in [0.15, 0.2) is 46.9 Å². The van der Waals surface area contributed by atoms with Gasteiger partial charge in [0.05, 0.1) is 18.0 Å². The van der Waals surface area contributed by atoms with Gasteiger partial charge in [0, 0.05) is 4.47 Å². The summed E-state index contributed by atoms with van der Waals surface area (Å²) in [6, 6.07) is 12.8. The lowest BCUT2D eigenvalue weighted by atomic mass is 10.1. The van der Waals surface area contributed by atoms with Crippen molar-refractivity contribution in [2.75, 3.05) is 17.1 Å². The minimum Gasteiger partial charge on any atom is -0.348 e. The number of hydrogen-bond donors (Lipinski definition) is 1. The number of anilines is 1. The van der Waals surface area contributed by atoms with Crippen LogP contribution in [-0.4, -0.2) is 27.1 Å². The fourth-order valence-corrected chi connectivity index (χ4v) is 3.63. The van der Waals surface area contributed by atoms with Crippen LogP contribution < -0.4 is 9.62 Å². The van der Waals surface area contributed by atoms with E-state index in [4.69, 9.17) is 0 Å². The Labute approximate surface area is 163 Å². The molecule has 1 N–H and O–H groups in total. The maximum absolute atomic E-state index is 12.4. The van der Waals surface area contributed by atoms with E-state index in [1.165, 1.54) is 0 Å². The van der Waals surface area contributed by atoms with Crippen molar-refractivity contribution in [1.82, 2.24) is 5.32 Å². The van der Waals surface area contributed by atoms with Crippen molar-refractivity contribution in [1.29, 1.82) is 0 Å².